The fourth-order valence-corrected chi connectivity index (χ4v) is 1.82. The van der Waals surface area contributed by atoms with Crippen LogP contribution in [0.3, 0.4) is 0 Å². The summed E-state index contributed by atoms with van der Waals surface area (Å²) in [5.74, 6) is -0.828. The first-order valence-electron chi connectivity index (χ1n) is 4.68. The number of hydrogen-bond donors (Lipinski definition) is 1. The Balaban J connectivity index is 0.00000196. The van der Waals surface area contributed by atoms with Crippen molar-refractivity contribution in [1.29, 1.82) is 0 Å². The number of aromatic carboxylic acids is 1. The molecule has 0 heterocycles. The van der Waals surface area contributed by atoms with E-state index in [2.05, 4.69) is 0 Å². The van der Waals surface area contributed by atoms with Crippen molar-refractivity contribution in [3.05, 3.63) is 33.4 Å². The van der Waals surface area contributed by atoms with Gasteiger partial charge in [-0.2, -0.15) is 0 Å². The zero-order valence-corrected chi connectivity index (χ0v) is 13.0. The summed E-state index contributed by atoms with van der Waals surface area (Å²) in [5, 5.41) is 9.09. The Hall–Kier alpha value is -0.687. The topological polar surface area (TPSA) is 37.3 Å². The molecule has 0 fully saturated rings. The van der Waals surface area contributed by atoms with Gasteiger partial charge in [0, 0.05) is 19.5 Å². The van der Waals surface area contributed by atoms with Gasteiger partial charge in [0.05, 0.1) is 5.56 Å². The number of benzene rings is 1. The van der Waals surface area contributed by atoms with E-state index in [-0.39, 0.29) is 19.5 Å². The van der Waals surface area contributed by atoms with Crippen molar-refractivity contribution in [2.24, 2.45) is 0 Å². The van der Waals surface area contributed by atoms with Crippen LogP contribution in [0.25, 0.3) is 0 Å². The molecule has 0 aliphatic rings. The number of carboxylic acids is 1. The molecule has 78 valence electrons. The zero-order chi connectivity index (χ0) is 11.0. The minimum Gasteiger partial charge on any atom is -0.478 e. The minimum atomic E-state index is -0.828. The Morgan fingerprint density at radius 2 is 1.07 bits per heavy atom. The molecule has 0 bridgehead atoms. The molecular weight excluding hydrogens is 242 g/mol. The third kappa shape index (κ3) is 2.28. The van der Waals surface area contributed by atoms with Crippen LogP contribution < -0.4 is 0 Å². The van der Waals surface area contributed by atoms with Gasteiger partial charge in [-0.25, -0.2) is 4.79 Å². The largest absolute Gasteiger partial charge is 0.478 e. The number of carboxylic acid groups (broad SMARTS) is 1. The molecule has 0 aliphatic heterocycles. The number of hydrogen-bond acceptors (Lipinski definition) is 1. The van der Waals surface area contributed by atoms with Gasteiger partial charge in [0.2, 0.25) is 0 Å². The maximum absolute atomic E-state index is 11.1. The molecule has 0 aliphatic carbocycles. The summed E-state index contributed by atoms with van der Waals surface area (Å²) >= 11 is 0. The monoisotopic (exact) mass is 256 g/mol. The van der Waals surface area contributed by atoms with Crippen LogP contribution >= 0.6 is 0 Å². The van der Waals surface area contributed by atoms with Crippen LogP contribution in [0.5, 0.6) is 0 Å². The van der Waals surface area contributed by atoms with Crippen molar-refractivity contribution in [3.63, 3.8) is 0 Å². The third-order valence-electron chi connectivity index (χ3n) is 3.21. The van der Waals surface area contributed by atoms with E-state index in [1.807, 2.05) is 34.6 Å². The van der Waals surface area contributed by atoms with Gasteiger partial charge in [0.1, 0.15) is 0 Å². The van der Waals surface area contributed by atoms with Gasteiger partial charge in [0.25, 0.3) is 0 Å². The Kier molecular flexibility index (Phi) is 4.67. The summed E-state index contributed by atoms with van der Waals surface area (Å²) in [5.41, 5.74) is 5.61. The zero-order valence-electron chi connectivity index (χ0n) is 10.1. The van der Waals surface area contributed by atoms with E-state index in [9.17, 15) is 4.79 Å². The minimum absolute atomic E-state index is 0. The average Bonchev–Trinajstić information content (AvgIpc) is 2.11. The molecule has 0 amide bonds. The quantitative estimate of drug-likeness (QED) is 0.786. The Morgan fingerprint density at radius 3 is 1.33 bits per heavy atom. The van der Waals surface area contributed by atoms with Crippen LogP contribution in [0.15, 0.2) is 0 Å². The van der Waals surface area contributed by atoms with E-state index < -0.39 is 5.97 Å². The first-order chi connectivity index (χ1) is 6.37. The van der Waals surface area contributed by atoms with Gasteiger partial charge in [-0.05, 0) is 62.4 Å². The van der Waals surface area contributed by atoms with Gasteiger partial charge in [-0.3, -0.25) is 0 Å². The van der Waals surface area contributed by atoms with Gasteiger partial charge in [0.15, 0.2) is 0 Å². The summed E-state index contributed by atoms with van der Waals surface area (Å²) in [7, 11) is 0. The van der Waals surface area contributed by atoms with Crippen molar-refractivity contribution >= 4 is 5.97 Å². The van der Waals surface area contributed by atoms with E-state index in [0.29, 0.717) is 5.56 Å². The molecule has 1 aromatic rings. The fourth-order valence-electron chi connectivity index (χ4n) is 1.82. The fraction of sp³-hybridized carbons (Fsp3) is 0.417. The van der Waals surface area contributed by atoms with Gasteiger partial charge >= 0.3 is 5.97 Å². The average molecular weight is 258 g/mol. The van der Waals surface area contributed by atoms with Gasteiger partial charge in [-0.15, -0.1) is 0 Å². The second-order valence-electron chi connectivity index (χ2n) is 3.81. The number of rotatable bonds is 1. The summed E-state index contributed by atoms with van der Waals surface area (Å²) in [6.45, 7) is 9.74. The van der Waals surface area contributed by atoms with Crippen molar-refractivity contribution in [3.8, 4) is 0 Å². The van der Waals surface area contributed by atoms with Crippen LogP contribution in [0.4, 0.5) is 0 Å². The Bertz CT molecular complexity index is 380. The van der Waals surface area contributed by atoms with Crippen molar-refractivity contribution in [2.45, 2.75) is 34.6 Å². The summed E-state index contributed by atoms with van der Waals surface area (Å²) in [6, 6.07) is 0. The molecule has 3 heteroatoms. The molecular formula is C12H16O2Zn. The molecule has 2 nitrogen and oxygen atoms in total. The molecule has 0 spiro atoms. The summed E-state index contributed by atoms with van der Waals surface area (Å²) < 4.78 is 0. The van der Waals surface area contributed by atoms with Crippen LogP contribution in [0.2, 0.25) is 0 Å². The molecule has 0 atom stereocenters. The smallest absolute Gasteiger partial charge is 0.336 e. The maximum atomic E-state index is 11.1. The number of carbonyl (C=O) groups is 1. The molecule has 1 rings (SSSR count). The van der Waals surface area contributed by atoms with Crippen LogP contribution in [-0.2, 0) is 19.5 Å². The van der Waals surface area contributed by atoms with Crippen LogP contribution in [0.1, 0.15) is 38.2 Å². The Morgan fingerprint density at radius 1 is 0.800 bits per heavy atom. The maximum Gasteiger partial charge on any atom is 0.336 e. The van der Waals surface area contributed by atoms with E-state index in [1.54, 1.807) is 0 Å². The van der Waals surface area contributed by atoms with Gasteiger partial charge < -0.3 is 5.11 Å². The molecule has 0 saturated heterocycles. The predicted molar refractivity (Wildman–Crippen MR) is 57.1 cm³/mol. The van der Waals surface area contributed by atoms with E-state index in [1.165, 1.54) is 5.56 Å². The molecule has 0 unspecified atom stereocenters. The van der Waals surface area contributed by atoms with Crippen molar-refractivity contribution in [1.82, 2.24) is 0 Å². The molecule has 1 aromatic carbocycles. The van der Waals surface area contributed by atoms with Crippen molar-refractivity contribution in [2.75, 3.05) is 0 Å². The molecule has 1 N–H and O–H groups in total. The normalized spacial score (nSPS) is 9.67. The standard InChI is InChI=1S/C12H16O2.Zn/c1-6-7(2)9(4)11(12(13)14)10(5)8(6)3;/h1-5H3,(H,13,14);. The summed E-state index contributed by atoms with van der Waals surface area (Å²) in [6.07, 6.45) is 0. The van der Waals surface area contributed by atoms with E-state index >= 15 is 0 Å². The van der Waals surface area contributed by atoms with E-state index in [0.717, 1.165) is 22.3 Å². The molecule has 0 saturated carbocycles. The van der Waals surface area contributed by atoms with Crippen LogP contribution in [0, 0.1) is 34.6 Å². The van der Waals surface area contributed by atoms with Crippen LogP contribution in [-0.4, -0.2) is 11.1 Å². The third-order valence-corrected chi connectivity index (χ3v) is 3.21. The molecule has 15 heavy (non-hydrogen) atoms. The second kappa shape index (κ2) is 4.89. The van der Waals surface area contributed by atoms with Gasteiger partial charge in [-0.1, -0.05) is 0 Å². The molecule has 0 aromatic heterocycles. The molecule has 0 radical (unpaired) electrons. The SMILES string of the molecule is Cc1c(C)c(C)c(C(=O)O)c(C)c1C.[Zn]. The van der Waals surface area contributed by atoms with E-state index in [4.69, 9.17) is 5.11 Å². The first kappa shape index (κ1) is 14.3. The predicted octanol–water partition coefficient (Wildman–Crippen LogP) is 2.92. The van der Waals surface area contributed by atoms with Crippen molar-refractivity contribution < 1.29 is 29.4 Å². The Labute approximate surface area is 103 Å². The summed E-state index contributed by atoms with van der Waals surface area (Å²) in [4.78, 5) is 11.1. The first-order valence-corrected chi connectivity index (χ1v) is 4.68. The second-order valence-corrected chi connectivity index (χ2v) is 3.81.